The van der Waals surface area contributed by atoms with Crippen molar-refractivity contribution in [3.63, 3.8) is 0 Å². The number of piperidine rings is 2. The molecule has 0 unspecified atom stereocenters. The number of amides is 1. The van der Waals surface area contributed by atoms with Gasteiger partial charge in [-0.2, -0.15) is 8.42 Å². The predicted octanol–water partition coefficient (Wildman–Crippen LogP) is -0.967. The molecular formula is C12H25N5O5S. The van der Waals surface area contributed by atoms with Crippen molar-refractivity contribution in [2.24, 2.45) is 11.5 Å². The van der Waals surface area contributed by atoms with Crippen LogP contribution >= 0.6 is 0 Å². The van der Waals surface area contributed by atoms with E-state index in [9.17, 15) is 4.79 Å². The number of nitrogens with one attached hydrogen (secondary N) is 1. The second-order valence-electron chi connectivity index (χ2n) is 5.76. The highest BCUT2D eigenvalue weighted by molar-refractivity contribution is 7.79. The molecule has 0 aromatic rings. The zero-order valence-corrected chi connectivity index (χ0v) is 13.8. The van der Waals surface area contributed by atoms with Gasteiger partial charge in [0.1, 0.15) is 5.54 Å². The fourth-order valence-electron chi connectivity index (χ4n) is 3.16. The minimum atomic E-state index is -4.67. The van der Waals surface area contributed by atoms with Gasteiger partial charge in [0.2, 0.25) is 5.91 Å². The Kier molecular flexibility index (Phi) is 6.74. The van der Waals surface area contributed by atoms with Crippen LogP contribution in [0.3, 0.4) is 0 Å². The van der Waals surface area contributed by atoms with Crippen LogP contribution in [0.5, 0.6) is 0 Å². The van der Waals surface area contributed by atoms with Gasteiger partial charge in [0, 0.05) is 13.1 Å². The van der Waals surface area contributed by atoms with Crippen molar-refractivity contribution in [3.8, 4) is 0 Å². The van der Waals surface area contributed by atoms with Gasteiger partial charge in [-0.3, -0.25) is 24.2 Å². The molecule has 7 N–H and O–H groups in total. The van der Waals surface area contributed by atoms with Gasteiger partial charge in [-0.1, -0.05) is 6.42 Å². The number of primary amides is 1. The van der Waals surface area contributed by atoms with Gasteiger partial charge in [-0.25, -0.2) is 0 Å². The molecule has 23 heavy (non-hydrogen) atoms. The summed E-state index contributed by atoms with van der Waals surface area (Å²) in [6, 6.07) is 0. The van der Waals surface area contributed by atoms with Crippen molar-refractivity contribution < 1.29 is 22.3 Å². The monoisotopic (exact) mass is 351 g/mol. The Bertz CT molecular complexity index is 516. The topological polar surface area (TPSA) is 174 Å². The number of carbonyl (C=O) groups is 1. The van der Waals surface area contributed by atoms with E-state index in [1.807, 2.05) is 4.90 Å². The largest absolute Gasteiger partial charge is 0.394 e. The third-order valence-electron chi connectivity index (χ3n) is 4.35. The third kappa shape index (κ3) is 5.94. The summed E-state index contributed by atoms with van der Waals surface area (Å²) in [4.78, 5) is 16.0. The Labute approximate surface area is 135 Å². The first-order valence-electron chi connectivity index (χ1n) is 7.40. The smallest absolute Gasteiger partial charge is 0.370 e. The van der Waals surface area contributed by atoms with E-state index in [1.54, 1.807) is 0 Å². The van der Waals surface area contributed by atoms with Crippen molar-refractivity contribution in [3.05, 3.63) is 0 Å². The van der Waals surface area contributed by atoms with Crippen LogP contribution in [0.1, 0.15) is 32.1 Å². The summed E-state index contributed by atoms with van der Waals surface area (Å²) in [7, 11) is -4.67. The molecule has 0 spiro atoms. The highest BCUT2D eigenvalue weighted by Crippen LogP contribution is 2.31. The van der Waals surface area contributed by atoms with Crippen molar-refractivity contribution in [1.29, 1.82) is 5.41 Å². The average Bonchev–Trinajstić information content (AvgIpc) is 2.46. The summed E-state index contributed by atoms with van der Waals surface area (Å²) in [5.74, 6) is -0.126. The molecule has 0 aromatic carbocycles. The number of guanidine groups is 1. The molecule has 2 heterocycles. The highest BCUT2D eigenvalue weighted by atomic mass is 32.3. The molecule has 0 atom stereocenters. The number of nitrogens with two attached hydrogens (primary N) is 2. The molecule has 11 heteroatoms. The van der Waals surface area contributed by atoms with E-state index in [0.29, 0.717) is 25.9 Å². The summed E-state index contributed by atoms with van der Waals surface area (Å²) in [5.41, 5.74) is 10.7. The zero-order valence-electron chi connectivity index (χ0n) is 12.9. The molecule has 2 rings (SSSR count). The van der Waals surface area contributed by atoms with Crippen molar-refractivity contribution >= 4 is 22.3 Å². The molecule has 2 fully saturated rings. The van der Waals surface area contributed by atoms with Crippen LogP contribution in [0, 0.1) is 5.41 Å². The Morgan fingerprint density at radius 2 is 1.43 bits per heavy atom. The molecule has 2 aliphatic rings. The minimum Gasteiger partial charge on any atom is -0.370 e. The lowest BCUT2D eigenvalue weighted by Crippen LogP contribution is -2.64. The number of hydrogen-bond acceptors (Lipinski definition) is 5. The lowest BCUT2D eigenvalue weighted by molar-refractivity contribution is -0.134. The summed E-state index contributed by atoms with van der Waals surface area (Å²) >= 11 is 0. The molecule has 0 radical (unpaired) electrons. The first-order valence-corrected chi connectivity index (χ1v) is 8.80. The molecule has 0 aromatic heterocycles. The molecule has 2 saturated heterocycles. The minimum absolute atomic E-state index is 0.0896. The summed E-state index contributed by atoms with van der Waals surface area (Å²) in [6.45, 7) is 3.22. The maximum Gasteiger partial charge on any atom is 0.394 e. The number of likely N-dealkylation sites (tertiary alicyclic amines) is 2. The van der Waals surface area contributed by atoms with E-state index in [-0.39, 0.29) is 11.9 Å². The first kappa shape index (κ1) is 19.6. The Morgan fingerprint density at radius 3 is 1.78 bits per heavy atom. The Hall–Kier alpha value is -1.43. The van der Waals surface area contributed by atoms with Crippen LogP contribution in [0.2, 0.25) is 0 Å². The summed E-state index contributed by atoms with van der Waals surface area (Å²) in [6.07, 6.45) is 4.89. The van der Waals surface area contributed by atoms with E-state index in [0.717, 1.165) is 25.9 Å². The molecule has 2 aliphatic heterocycles. The predicted molar refractivity (Wildman–Crippen MR) is 84.2 cm³/mol. The molecule has 10 nitrogen and oxygen atoms in total. The number of rotatable bonds is 2. The van der Waals surface area contributed by atoms with Gasteiger partial charge in [0.05, 0.1) is 0 Å². The maximum atomic E-state index is 11.9. The second kappa shape index (κ2) is 7.90. The Morgan fingerprint density at radius 1 is 1.00 bits per heavy atom. The van der Waals surface area contributed by atoms with Crippen LogP contribution in [0.4, 0.5) is 0 Å². The second-order valence-corrected chi connectivity index (χ2v) is 6.66. The normalized spacial score (nSPS) is 21.9. The Balaban J connectivity index is 0.000000463. The molecule has 0 saturated carbocycles. The number of nitrogens with zero attached hydrogens (tertiary/aromatic N) is 2. The SMILES string of the molecule is N=C(N)N1CCC(C(N)=O)(N2CCCCC2)CC1.O=S(=O)(O)O. The van der Waals surface area contributed by atoms with Gasteiger partial charge in [-0.15, -0.1) is 0 Å². The van der Waals surface area contributed by atoms with Gasteiger partial charge in [0.15, 0.2) is 5.96 Å². The molecule has 0 bridgehead atoms. The van der Waals surface area contributed by atoms with Crippen LogP contribution in [-0.2, 0) is 15.2 Å². The number of carbonyl (C=O) groups excluding carboxylic acids is 1. The van der Waals surface area contributed by atoms with E-state index in [1.165, 1.54) is 6.42 Å². The highest BCUT2D eigenvalue weighted by Gasteiger charge is 2.45. The molecule has 134 valence electrons. The number of hydrogen-bond donors (Lipinski definition) is 5. The van der Waals surface area contributed by atoms with Crippen molar-refractivity contribution in [2.45, 2.75) is 37.6 Å². The molecular weight excluding hydrogens is 326 g/mol. The maximum absolute atomic E-state index is 11.9. The van der Waals surface area contributed by atoms with E-state index < -0.39 is 15.9 Å². The fourth-order valence-corrected chi connectivity index (χ4v) is 3.16. The van der Waals surface area contributed by atoms with Crippen LogP contribution in [0.25, 0.3) is 0 Å². The quantitative estimate of drug-likeness (QED) is 0.240. The van der Waals surface area contributed by atoms with Crippen LogP contribution in [-0.4, -0.2) is 70.9 Å². The third-order valence-corrected chi connectivity index (χ3v) is 4.35. The van der Waals surface area contributed by atoms with E-state index >= 15 is 0 Å². The van der Waals surface area contributed by atoms with Crippen LogP contribution < -0.4 is 11.5 Å². The van der Waals surface area contributed by atoms with E-state index in [4.69, 9.17) is 34.4 Å². The van der Waals surface area contributed by atoms with Crippen LogP contribution in [0.15, 0.2) is 0 Å². The fraction of sp³-hybridized carbons (Fsp3) is 0.833. The van der Waals surface area contributed by atoms with Gasteiger partial charge < -0.3 is 16.4 Å². The van der Waals surface area contributed by atoms with E-state index in [2.05, 4.69) is 4.90 Å². The van der Waals surface area contributed by atoms with Crippen molar-refractivity contribution in [1.82, 2.24) is 9.80 Å². The molecule has 1 amide bonds. The summed E-state index contributed by atoms with van der Waals surface area (Å²) < 4.78 is 31.6. The lowest BCUT2D eigenvalue weighted by Gasteiger charge is -2.48. The zero-order chi connectivity index (χ0) is 17.7. The molecule has 0 aliphatic carbocycles. The summed E-state index contributed by atoms with van der Waals surface area (Å²) in [5, 5.41) is 7.44. The first-order chi connectivity index (χ1) is 10.6. The van der Waals surface area contributed by atoms with Gasteiger partial charge in [-0.05, 0) is 38.8 Å². The lowest BCUT2D eigenvalue weighted by atomic mass is 9.83. The van der Waals surface area contributed by atoms with Crippen molar-refractivity contribution in [2.75, 3.05) is 26.2 Å². The van der Waals surface area contributed by atoms with Gasteiger partial charge >= 0.3 is 10.4 Å². The average molecular weight is 351 g/mol. The van der Waals surface area contributed by atoms with Gasteiger partial charge in [0.25, 0.3) is 0 Å². The standard InChI is InChI=1S/C12H23N5O.H2O4S/c13-10(18)12(17-6-2-1-3-7-17)4-8-16(9-5-12)11(14)15;1-5(2,3)4/h1-9H2,(H2,13,18)(H3,14,15);(H2,1,2,3,4).